The molecule has 1 amide bonds. The number of aliphatic hydroxyl groups excluding tert-OH is 1. The molecule has 0 radical (unpaired) electrons. The Balaban J connectivity index is 2.18. The first-order valence-corrected chi connectivity index (χ1v) is 7.46. The maximum Gasteiger partial charge on any atom is 0.230 e. The molecule has 0 aliphatic heterocycles. The third-order valence-electron chi connectivity index (χ3n) is 2.72. The van der Waals surface area contributed by atoms with Gasteiger partial charge in [0.05, 0.1) is 11.9 Å². The predicted octanol–water partition coefficient (Wildman–Crippen LogP) is 1.84. The van der Waals surface area contributed by atoms with Gasteiger partial charge >= 0.3 is 0 Å². The van der Waals surface area contributed by atoms with Crippen LogP contribution in [0.1, 0.15) is 26.3 Å². The van der Waals surface area contributed by atoms with Crippen LogP contribution in [0.25, 0.3) is 0 Å². The molecule has 2 N–H and O–H groups in total. The van der Waals surface area contributed by atoms with Crippen LogP contribution in [0.4, 0.5) is 0 Å². The van der Waals surface area contributed by atoms with E-state index in [1.165, 1.54) is 11.8 Å². The van der Waals surface area contributed by atoms with Crippen LogP contribution >= 0.6 is 11.8 Å². The van der Waals surface area contributed by atoms with E-state index < -0.39 is 6.10 Å². The van der Waals surface area contributed by atoms with E-state index in [-0.39, 0.29) is 11.3 Å². The van der Waals surface area contributed by atoms with Gasteiger partial charge in [-0.15, -0.1) is 11.8 Å². The standard InChI is InChI=1S/C14H22N2O2S/c1-14(2,3)12(17)8-16-13(18)10-19-9-11-5-4-6-15-7-11/h4-7,12,17H,8-10H2,1-3H3,(H,16,18). The summed E-state index contributed by atoms with van der Waals surface area (Å²) in [6, 6.07) is 3.87. The molecule has 0 spiro atoms. The Hall–Kier alpha value is -1.07. The summed E-state index contributed by atoms with van der Waals surface area (Å²) in [4.78, 5) is 15.6. The summed E-state index contributed by atoms with van der Waals surface area (Å²) in [6.45, 7) is 6.14. The fourth-order valence-corrected chi connectivity index (χ4v) is 2.11. The van der Waals surface area contributed by atoms with E-state index in [9.17, 15) is 9.90 Å². The van der Waals surface area contributed by atoms with Gasteiger partial charge in [0.25, 0.3) is 0 Å². The van der Waals surface area contributed by atoms with Crippen LogP contribution in [0.15, 0.2) is 24.5 Å². The number of amides is 1. The number of aromatic nitrogens is 1. The summed E-state index contributed by atoms with van der Waals surface area (Å²) in [5, 5.41) is 12.6. The fourth-order valence-electron chi connectivity index (χ4n) is 1.31. The zero-order valence-electron chi connectivity index (χ0n) is 11.7. The zero-order chi connectivity index (χ0) is 14.3. The van der Waals surface area contributed by atoms with E-state index in [1.54, 1.807) is 12.4 Å². The topological polar surface area (TPSA) is 62.2 Å². The molecular formula is C14H22N2O2S. The minimum atomic E-state index is -0.528. The summed E-state index contributed by atoms with van der Waals surface area (Å²) in [6.07, 6.45) is 3.00. The molecule has 1 aromatic rings. The third-order valence-corrected chi connectivity index (χ3v) is 3.72. The molecule has 1 heterocycles. The van der Waals surface area contributed by atoms with Crippen molar-refractivity contribution in [3.8, 4) is 0 Å². The van der Waals surface area contributed by atoms with Crippen molar-refractivity contribution < 1.29 is 9.90 Å². The first kappa shape index (κ1) is 16.0. The maximum atomic E-state index is 11.6. The maximum absolute atomic E-state index is 11.6. The number of hydrogen-bond acceptors (Lipinski definition) is 4. The van der Waals surface area contributed by atoms with Crippen LogP contribution < -0.4 is 5.32 Å². The van der Waals surface area contributed by atoms with Crippen molar-refractivity contribution in [1.29, 1.82) is 0 Å². The highest BCUT2D eigenvalue weighted by Gasteiger charge is 2.22. The Kier molecular flexibility index (Phi) is 6.31. The number of hydrogen-bond donors (Lipinski definition) is 2. The second kappa shape index (κ2) is 7.50. The SMILES string of the molecule is CC(C)(C)C(O)CNC(=O)CSCc1cccnc1. The molecule has 1 rings (SSSR count). The number of carbonyl (C=O) groups excluding carboxylic acids is 1. The third kappa shape index (κ3) is 6.59. The van der Waals surface area contributed by atoms with Crippen LogP contribution in [0.5, 0.6) is 0 Å². The van der Waals surface area contributed by atoms with Gasteiger partial charge in [-0.2, -0.15) is 0 Å². The van der Waals surface area contributed by atoms with Crippen LogP contribution in [-0.4, -0.2) is 34.4 Å². The van der Waals surface area contributed by atoms with Gasteiger partial charge in [-0.05, 0) is 17.0 Å². The minimum absolute atomic E-state index is 0.0443. The van der Waals surface area contributed by atoms with Gasteiger partial charge in [0.15, 0.2) is 0 Å². The number of aliphatic hydroxyl groups is 1. The van der Waals surface area contributed by atoms with Crippen LogP contribution in [0.3, 0.4) is 0 Å². The molecule has 4 nitrogen and oxygen atoms in total. The second-order valence-electron chi connectivity index (χ2n) is 5.54. The summed E-state index contributed by atoms with van der Waals surface area (Å²) in [7, 11) is 0. The average molecular weight is 282 g/mol. The molecule has 1 aromatic heterocycles. The van der Waals surface area contributed by atoms with Crippen molar-refractivity contribution in [3.63, 3.8) is 0 Å². The largest absolute Gasteiger partial charge is 0.391 e. The molecule has 0 bridgehead atoms. The Morgan fingerprint density at radius 2 is 2.26 bits per heavy atom. The van der Waals surface area contributed by atoms with E-state index >= 15 is 0 Å². The minimum Gasteiger partial charge on any atom is -0.391 e. The smallest absolute Gasteiger partial charge is 0.230 e. The summed E-state index contributed by atoms with van der Waals surface area (Å²) in [5.74, 6) is 1.12. The molecule has 19 heavy (non-hydrogen) atoms. The Morgan fingerprint density at radius 1 is 1.53 bits per heavy atom. The molecule has 5 heteroatoms. The highest BCUT2D eigenvalue weighted by Crippen LogP contribution is 2.18. The van der Waals surface area contributed by atoms with Crippen LogP contribution in [0, 0.1) is 5.41 Å². The molecule has 0 aliphatic rings. The lowest BCUT2D eigenvalue weighted by Gasteiger charge is -2.25. The molecule has 0 saturated carbocycles. The van der Waals surface area contributed by atoms with E-state index in [2.05, 4.69) is 10.3 Å². The van der Waals surface area contributed by atoms with Gasteiger partial charge in [-0.1, -0.05) is 26.8 Å². The van der Waals surface area contributed by atoms with E-state index in [0.29, 0.717) is 12.3 Å². The number of nitrogens with one attached hydrogen (secondary N) is 1. The summed E-state index contributed by atoms with van der Waals surface area (Å²) in [5.41, 5.74) is 0.894. The van der Waals surface area contributed by atoms with Crippen molar-refractivity contribution in [1.82, 2.24) is 10.3 Å². The Bertz CT molecular complexity index is 390. The number of pyridine rings is 1. The lowest BCUT2D eigenvalue weighted by Crippen LogP contribution is -2.39. The normalized spacial score (nSPS) is 13.1. The van der Waals surface area contributed by atoms with E-state index in [1.807, 2.05) is 32.9 Å². The average Bonchev–Trinajstić information content (AvgIpc) is 2.36. The van der Waals surface area contributed by atoms with E-state index in [4.69, 9.17) is 0 Å². The quantitative estimate of drug-likeness (QED) is 0.836. The Morgan fingerprint density at radius 3 is 2.84 bits per heavy atom. The Labute approximate surface area is 119 Å². The summed E-state index contributed by atoms with van der Waals surface area (Å²) < 4.78 is 0. The molecule has 1 unspecified atom stereocenters. The van der Waals surface area contributed by atoms with Crippen molar-refractivity contribution >= 4 is 17.7 Å². The zero-order valence-corrected chi connectivity index (χ0v) is 12.5. The monoisotopic (exact) mass is 282 g/mol. The molecule has 0 aromatic carbocycles. The van der Waals surface area contributed by atoms with Gasteiger partial charge in [-0.3, -0.25) is 9.78 Å². The van der Waals surface area contributed by atoms with Gasteiger partial charge in [0, 0.05) is 24.7 Å². The van der Waals surface area contributed by atoms with Gasteiger partial charge in [0.1, 0.15) is 0 Å². The predicted molar refractivity (Wildman–Crippen MR) is 78.9 cm³/mol. The molecule has 0 saturated heterocycles. The summed E-state index contributed by atoms with van der Waals surface area (Å²) >= 11 is 1.54. The number of rotatable bonds is 6. The molecule has 106 valence electrons. The van der Waals surface area contributed by atoms with Crippen molar-refractivity contribution in [3.05, 3.63) is 30.1 Å². The van der Waals surface area contributed by atoms with Gasteiger partial charge < -0.3 is 10.4 Å². The highest BCUT2D eigenvalue weighted by atomic mass is 32.2. The number of carbonyl (C=O) groups is 1. The van der Waals surface area contributed by atoms with Crippen LogP contribution in [-0.2, 0) is 10.5 Å². The van der Waals surface area contributed by atoms with Crippen LogP contribution in [0.2, 0.25) is 0 Å². The van der Waals surface area contributed by atoms with Crippen molar-refractivity contribution in [2.45, 2.75) is 32.6 Å². The van der Waals surface area contributed by atoms with Crippen molar-refractivity contribution in [2.75, 3.05) is 12.3 Å². The van der Waals surface area contributed by atoms with Gasteiger partial charge in [0.2, 0.25) is 5.91 Å². The molecular weight excluding hydrogens is 260 g/mol. The van der Waals surface area contributed by atoms with Gasteiger partial charge in [-0.25, -0.2) is 0 Å². The number of nitrogens with zero attached hydrogens (tertiary/aromatic N) is 1. The first-order valence-electron chi connectivity index (χ1n) is 6.31. The van der Waals surface area contributed by atoms with Crippen molar-refractivity contribution in [2.24, 2.45) is 5.41 Å². The molecule has 0 aliphatic carbocycles. The fraction of sp³-hybridized carbons (Fsp3) is 0.571. The second-order valence-corrected chi connectivity index (χ2v) is 6.53. The highest BCUT2D eigenvalue weighted by molar-refractivity contribution is 7.99. The van der Waals surface area contributed by atoms with E-state index in [0.717, 1.165) is 11.3 Å². The lowest BCUT2D eigenvalue weighted by atomic mass is 9.89. The lowest BCUT2D eigenvalue weighted by molar-refractivity contribution is -0.119. The molecule has 1 atom stereocenters. The first-order chi connectivity index (χ1) is 8.89. The number of thioether (sulfide) groups is 1. The molecule has 0 fully saturated rings.